The average molecular weight is 305 g/mol. The van der Waals surface area contributed by atoms with Crippen molar-refractivity contribution in [2.24, 2.45) is 13.0 Å². The van der Waals surface area contributed by atoms with Crippen molar-refractivity contribution < 1.29 is 9.47 Å². The van der Waals surface area contributed by atoms with Crippen LogP contribution in [0.25, 0.3) is 11.0 Å². The number of methoxy groups -OCH3 is 2. The Labute approximate surface area is 129 Å². The van der Waals surface area contributed by atoms with Crippen molar-refractivity contribution in [2.75, 3.05) is 32.2 Å². The summed E-state index contributed by atoms with van der Waals surface area (Å²) in [5, 5.41) is 0. The molecule has 0 bridgehead atoms. The summed E-state index contributed by atoms with van der Waals surface area (Å²) in [7, 11) is 5.18. The minimum atomic E-state index is -0.116. The topological polar surface area (TPSA) is 59.5 Å². The van der Waals surface area contributed by atoms with Crippen LogP contribution in [0, 0.1) is 5.92 Å². The van der Waals surface area contributed by atoms with Gasteiger partial charge < -0.3 is 19.4 Å². The molecule has 1 aromatic heterocycles. The Balaban J connectivity index is 1.76. The number of rotatable bonds is 4. The van der Waals surface area contributed by atoms with E-state index in [0.29, 0.717) is 5.92 Å². The lowest BCUT2D eigenvalue weighted by Gasteiger charge is -2.36. The predicted octanol–water partition coefficient (Wildman–Crippen LogP) is 1.70. The van der Waals surface area contributed by atoms with Crippen molar-refractivity contribution in [2.45, 2.75) is 19.1 Å². The first-order valence-corrected chi connectivity index (χ1v) is 7.63. The molecule has 0 atom stereocenters. The summed E-state index contributed by atoms with van der Waals surface area (Å²) in [5.74, 6) is 0.437. The van der Waals surface area contributed by atoms with Gasteiger partial charge in [-0.05, 0) is 31.0 Å². The Morgan fingerprint density at radius 3 is 2.55 bits per heavy atom. The summed E-state index contributed by atoms with van der Waals surface area (Å²) in [6.07, 6.45) is 1.96. The Bertz CT molecular complexity index is 694. The van der Waals surface area contributed by atoms with Gasteiger partial charge in [-0.15, -0.1) is 0 Å². The number of piperidine rings is 1. The van der Waals surface area contributed by atoms with Crippen molar-refractivity contribution in [3.63, 3.8) is 0 Å². The summed E-state index contributed by atoms with van der Waals surface area (Å²) in [6.45, 7) is 1.94. The molecule has 0 saturated carbocycles. The van der Waals surface area contributed by atoms with Gasteiger partial charge in [0.1, 0.15) is 0 Å². The van der Waals surface area contributed by atoms with Crippen molar-refractivity contribution in [1.29, 1.82) is 0 Å². The molecule has 0 spiro atoms. The third-order valence-corrected chi connectivity index (χ3v) is 4.64. The predicted molar refractivity (Wildman–Crippen MR) is 86.3 cm³/mol. The van der Waals surface area contributed by atoms with Crippen molar-refractivity contribution in [3.05, 3.63) is 28.7 Å². The fourth-order valence-electron chi connectivity index (χ4n) is 3.32. The molecule has 1 saturated heterocycles. The molecule has 120 valence electrons. The van der Waals surface area contributed by atoms with Crippen molar-refractivity contribution in [1.82, 2.24) is 9.55 Å². The third-order valence-electron chi connectivity index (χ3n) is 4.64. The maximum Gasteiger partial charge on any atom is 0.326 e. The van der Waals surface area contributed by atoms with Crippen LogP contribution in [0.5, 0.6) is 0 Å². The summed E-state index contributed by atoms with van der Waals surface area (Å²) in [5.41, 5.74) is 2.90. The minimum absolute atomic E-state index is 0.0751. The zero-order chi connectivity index (χ0) is 15.7. The fourth-order valence-corrected chi connectivity index (χ4v) is 3.32. The highest BCUT2D eigenvalue weighted by molar-refractivity contribution is 5.79. The molecule has 1 N–H and O–H groups in total. The molecule has 0 radical (unpaired) electrons. The summed E-state index contributed by atoms with van der Waals surface area (Å²) in [6, 6.07) is 6.13. The van der Waals surface area contributed by atoms with Crippen LogP contribution in [0.3, 0.4) is 0 Å². The fraction of sp³-hybridized carbons (Fsp3) is 0.562. The summed E-state index contributed by atoms with van der Waals surface area (Å²) < 4.78 is 12.4. The van der Waals surface area contributed by atoms with Crippen LogP contribution >= 0.6 is 0 Å². The molecule has 6 nitrogen and oxygen atoms in total. The first-order chi connectivity index (χ1) is 10.6. The number of benzene rings is 1. The standard InChI is InChI=1S/C16H23N3O3/c1-18-14-10-12(4-5-13(14)17-16(18)20)19-8-6-11(7-9-19)15(21-2)22-3/h4-5,10-11,15H,6-9H2,1-3H3,(H,17,20). The smallest absolute Gasteiger partial charge is 0.326 e. The third kappa shape index (κ3) is 2.64. The van der Waals surface area contributed by atoms with E-state index in [1.54, 1.807) is 25.8 Å². The van der Waals surface area contributed by atoms with Crippen molar-refractivity contribution >= 4 is 16.7 Å². The maximum atomic E-state index is 11.7. The quantitative estimate of drug-likeness (QED) is 0.874. The van der Waals surface area contributed by atoms with Gasteiger partial charge in [0.2, 0.25) is 0 Å². The van der Waals surface area contributed by atoms with Crippen LogP contribution < -0.4 is 10.6 Å². The first kappa shape index (κ1) is 15.1. The molecule has 22 heavy (non-hydrogen) atoms. The lowest BCUT2D eigenvalue weighted by Crippen LogP contribution is -2.39. The van der Waals surface area contributed by atoms with Crippen LogP contribution in [0.15, 0.2) is 23.0 Å². The molecule has 0 aliphatic carbocycles. The second-order valence-corrected chi connectivity index (χ2v) is 5.85. The number of hydrogen-bond acceptors (Lipinski definition) is 4. The Hall–Kier alpha value is -1.79. The largest absolute Gasteiger partial charge is 0.371 e. The number of imidazole rings is 1. The summed E-state index contributed by atoms with van der Waals surface area (Å²) in [4.78, 5) is 16.9. The number of ether oxygens (including phenoxy) is 2. The second kappa shape index (κ2) is 6.14. The highest BCUT2D eigenvalue weighted by Crippen LogP contribution is 2.28. The molecule has 1 fully saturated rings. The molecule has 1 aliphatic rings. The molecule has 2 heterocycles. The lowest BCUT2D eigenvalue weighted by molar-refractivity contribution is -0.141. The number of aromatic amines is 1. The van der Waals surface area contributed by atoms with Gasteiger partial charge in [0.15, 0.2) is 6.29 Å². The number of aromatic nitrogens is 2. The number of hydrogen-bond donors (Lipinski definition) is 1. The molecular formula is C16H23N3O3. The van der Waals surface area contributed by atoms with E-state index in [2.05, 4.69) is 22.0 Å². The molecule has 0 unspecified atom stereocenters. The van der Waals surface area contributed by atoms with Crippen LogP contribution in [-0.2, 0) is 16.5 Å². The van der Waals surface area contributed by atoms with Gasteiger partial charge in [-0.3, -0.25) is 4.57 Å². The van der Waals surface area contributed by atoms with Crippen LogP contribution in [-0.4, -0.2) is 43.2 Å². The monoisotopic (exact) mass is 305 g/mol. The maximum absolute atomic E-state index is 11.7. The van der Waals surface area contributed by atoms with E-state index in [1.807, 2.05) is 6.07 Å². The highest BCUT2D eigenvalue weighted by atomic mass is 16.7. The SMILES string of the molecule is COC(OC)C1CCN(c2ccc3[nH]c(=O)n(C)c3c2)CC1. The van der Waals surface area contributed by atoms with E-state index in [1.165, 1.54) is 0 Å². The van der Waals surface area contributed by atoms with Gasteiger partial charge in [0.25, 0.3) is 0 Å². The molecule has 0 amide bonds. The first-order valence-electron chi connectivity index (χ1n) is 7.63. The highest BCUT2D eigenvalue weighted by Gasteiger charge is 2.26. The van der Waals surface area contributed by atoms with Crippen molar-refractivity contribution in [3.8, 4) is 0 Å². The second-order valence-electron chi connectivity index (χ2n) is 5.85. The zero-order valence-electron chi connectivity index (χ0n) is 13.3. The Kier molecular flexibility index (Phi) is 4.22. The molecular weight excluding hydrogens is 282 g/mol. The van der Waals surface area contributed by atoms with E-state index in [9.17, 15) is 4.79 Å². The average Bonchev–Trinajstić information content (AvgIpc) is 2.84. The van der Waals surface area contributed by atoms with Gasteiger partial charge in [-0.25, -0.2) is 4.79 Å². The molecule has 6 heteroatoms. The number of nitrogens with one attached hydrogen (secondary N) is 1. The molecule has 1 aromatic carbocycles. The van der Waals surface area contributed by atoms with Crippen LogP contribution in [0.4, 0.5) is 5.69 Å². The number of fused-ring (bicyclic) bond motifs is 1. The summed E-state index contributed by atoms with van der Waals surface area (Å²) >= 11 is 0. The van der Waals surface area contributed by atoms with Gasteiger partial charge in [0.05, 0.1) is 11.0 Å². The normalized spacial score (nSPS) is 16.8. The van der Waals surface area contributed by atoms with E-state index in [-0.39, 0.29) is 12.0 Å². The van der Waals surface area contributed by atoms with E-state index in [4.69, 9.17) is 9.47 Å². The van der Waals surface area contributed by atoms with E-state index in [0.717, 1.165) is 42.7 Å². The van der Waals surface area contributed by atoms with Gasteiger partial charge in [-0.2, -0.15) is 0 Å². The van der Waals surface area contributed by atoms with Crippen LogP contribution in [0.1, 0.15) is 12.8 Å². The van der Waals surface area contributed by atoms with Gasteiger partial charge in [-0.1, -0.05) is 0 Å². The Morgan fingerprint density at radius 2 is 1.91 bits per heavy atom. The molecule has 1 aliphatic heterocycles. The minimum Gasteiger partial charge on any atom is -0.371 e. The number of anilines is 1. The van der Waals surface area contributed by atoms with Gasteiger partial charge in [0, 0.05) is 46.0 Å². The van der Waals surface area contributed by atoms with E-state index >= 15 is 0 Å². The number of aryl methyl sites for hydroxylation is 1. The molecule has 3 rings (SSSR count). The molecule has 2 aromatic rings. The van der Waals surface area contributed by atoms with Crippen LogP contribution in [0.2, 0.25) is 0 Å². The van der Waals surface area contributed by atoms with Gasteiger partial charge >= 0.3 is 5.69 Å². The number of H-pyrrole nitrogens is 1. The zero-order valence-corrected chi connectivity index (χ0v) is 13.3. The van der Waals surface area contributed by atoms with E-state index < -0.39 is 0 Å². The lowest BCUT2D eigenvalue weighted by atomic mass is 9.95. The number of nitrogens with zero attached hydrogens (tertiary/aromatic N) is 2. The Morgan fingerprint density at radius 1 is 1.23 bits per heavy atom.